The van der Waals surface area contributed by atoms with E-state index in [2.05, 4.69) is 51.3 Å². The quantitative estimate of drug-likeness (QED) is 0.610. The first-order valence-corrected chi connectivity index (χ1v) is 10.7. The molecule has 1 amide bonds. The number of likely N-dealkylation sites (tertiary alicyclic amines) is 1. The van der Waals surface area contributed by atoms with Crippen LogP contribution >= 0.6 is 0 Å². The summed E-state index contributed by atoms with van der Waals surface area (Å²) >= 11 is 0. The number of amides is 1. The van der Waals surface area contributed by atoms with Gasteiger partial charge in [0.25, 0.3) is 0 Å². The number of benzene rings is 2. The van der Waals surface area contributed by atoms with Crippen LogP contribution in [0.4, 0.5) is 0 Å². The first kappa shape index (κ1) is 20.5. The molecule has 158 valence electrons. The van der Waals surface area contributed by atoms with E-state index in [-0.39, 0.29) is 17.4 Å². The van der Waals surface area contributed by atoms with E-state index in [1.807, 2.05) is 35.2 Å². The van der Waals surface area contributed by atoms with Gasteiger partial charge in [0.1, 0.15) is 18.2 Å². The Morgan fingerprint density at radius 3 is 2.60 bits per heavy atom. The Morgan fingerprint density at radius 2 is 1.87 bits per heavy atom. The van der Waals surface area contributed by atoms with Crippen LogP contribution in [0.2, 0.25) is 0 Å². The molecule has 1 atom stereocenters. The maximum Gasteiger partial charge on any atom is 0.223 e. The molecule has 1 aliphatic heterocycles. The van der Waals surface area contributed by atoms with Crippen molar-refractivity contribution in [3.63, 3.8) is 0 Å². The zero-order valence-corrected chi connectivity index (χ0v) is 18.6. The standard InChI is InChI=1S/C25H31N3O2/c1-17-9-8-12-22(18(17)2)30-14-13-27-21-11-7-6-10-20(21)26-24(27)19-15-23(29)28(16-19)25(3,4)5/h6-12,19H,13-16H2,1-5H3/t19-/m0/s1. The summed E-state index contributed by atoms with van der Waals surface area (Å²) in [5, 5.41) is 0. The molecule has 2 aromatic carbocycles. The van der Waals surface area contributed by atoms with E-state index in [4.69, 9.17) is 9.72 Å². The zero-order chi connectivity index (χ0) is 21.5. The number of carbonyl (C=O) groups is 1. The third-order valence-electron chi connectivity index (χ3n) is 6.11. The maximum atomic E-state index is 12.7. The molecule has 5 nitrogen and oxygen atoms in total. The van der Waals surface area contributed by atoms with Crippen LogP contribution in [0.1, 0.15) is 50.1 Å². The van der Waals surface area contributed by atoms with Gasteiger partial charge in [0.05, 0.1) is 17.6 Å². The van der Waals surface area contributed by atoms with Crippen molar-refractivity contribution in [2.24, 2.45) is 0 Å². The van der Waals surface area contributed by atoms with Gasteiger partial charge in [0.15, 0.2) is 0 Å². The van der Waals surface area contributed by atoms with Crippen LogP contribution in [0, 0.1) is 13.8 Å². The Morgan fingerprint density at radius 1 is 1.10 bits per heavy atom. The molecule has 1 fully saturated rings. The van der Waals surface area contributed by atoms with Crippen molar-refractivity contribution in [3.8, 4) is 5.75 Å². The van der Waals surface area contributed by atoms with Crippen LogP contribution in [0.25, 0.3) is 11.0 Å². The first-order valence-electron chi connectivity index (χ1n) is 10.7. The van der Waals surface area contributed by atoms with Gasteiger partial charge in [0.2, 0.25) is 5.91 Å². The molecule has 5 heteroatoms. The average molecular weight is 406 g/mol. The van der Waals surface area contributed by atoms with Gasteiger partial charge in [-0.25, -0.2) is 4.98 Å². The molecule has 0 bridgehead atoms. The van der Waals surface area contributed by atoms with Crippen LogP contribution in [0.15, 0.2) is 42.5 Å². The van der Waals surface area contributed by atoms with Crippen LogP contribution in [-0.4, -0.2) is 39.0 Å². The van der Waals surface area contributed by atoms with Crippen LogP contribution < -0.4 is 4.74 Å². The molecular weight excluding hydrogens is 374 g/mol. The second-order valence-electron chi connectivity index (χ2n) is 9.23. The van der Waals surface area contributed by atoms with Gasteiger partial charge in [-0.15, -0.1) is 0 Å². The summed E-state index contributed by atoms with van der Waals surface area (Å²) in [6, 6.07) is 14.3. The molecule has 3 aromatic rings. The first-order chi connectivity index (χ1) is 14.3. The number of hydrogen-bond donors (Lipinski definition) is 0. The lowest BCUT2D eigenvalue weighted by molar-refractivity contribution is -0.131. The molecule has 1 saturated heterocycles. The minimum absolute atomic E-state index is 0.102. The number of ether oxygens (including phenoxy) is 1. The molecule has 0 aliphatic carbocycles. The van der Waals surface area contributed by atoms with Gasteiger partial charge < -0.3 is 14.2 Å². The smallest absolute Gasteiger partial charge is 0.223 e. The lowest BCUT2D eigenvalue weighted by Gasteiger charge is -2.32. The summed E-state index contributed by atoms with van der Waals surface area (Å²) in [6.45, 7) is 12.4. The van der Waals surface area contributed by atoms with Crippen molar-refractivity contribution in [1.82, 2.24) is 14.5 Å². The SMILES string of the molecule is Cc1cccc(OCCn2c([C@H]3CC(=O)N(C(C)(C)C)C3)nc3ccccc32)c1C. The molecule has 0 spiro atoms. The second kappa shape index (κ2) is 7.78. The van der Waals surface area contributed by atoms with Crippen molar-refractivity contribution in [2.75, 3.05) is 13.2 Å². The zero-order valence-electron chi connectivity index (χ0n) is 18.6. The van der Waals surface area contributed by atoms with E-state index in [1.165, 1.54) is 11.1 Å². The number of aromatic nitrogens is 2. The number of imidazole rings is 1. The van der Waals surface area contributed by atoms with E-state index in [0.29, 0.717) is 26.1 Å². The largest absolute Gasteiger partial charge is 0.491 e. The highest BCUT2D eigenvalue weighted by Crippen LogP contribution is 2.34. The fourth-order valence-corrected chi connectivity index (χ4v) is 4.30. The summed E-state index contributed by atoms with van der Waals surface area (Å²) < 4.78 is 8.37. The number of nitrogens with zero attached hydrogens (tertiary/aromatic N) is 3. The highest BCUT2D eigenvalue weighted by atomic mass is 16.5. The predicted octanol–water partition coefficient (Wildman–Crippen LogP) is 4.85. The molecular formula is C25H31N3O2. The Labute approximate surface area is 178 Å². The number of fused-ring (bicyclic) bond motifs is 1. The average Bonchev–Trinajstić information content (AvgIpc) is 3.26. The lowest BCUT2D eigenvalue weighted by Crippen LogP contribution is -2.42. The minimum atomic E-state index is -0.172. The molecule has 4 rings (SSSR count). The summed E-state index contributed by atoms with van der Waals surface area (Å²) in [5.41, 5.74) is 4.30. The highest BCUT2D eigenvalue weighted by Gasteiger charge is 2.38. The lowest BCUT2D eigenvalue weighted by atomic mass is 10.1. The van der Waals surface area contributed by atoms with Gasteiger partial charge in [-0.2, -0.15) is 0 Å². The van der Waals surface area contributed by atoms with Crippen LogP contribution in [0.3, 0.4) is 0 Å². The fraction of sp³-hybridized carbons (Fsp3) is 0.440. The van der Waals surface area contributed by atoms with E-state index >= 15 is 0 Å². The Balaban J connectivity index is 1.60. The van der Waals surface area contributed by atoms with Crippen molar-refractivity contribution in [3.05, 3.63) is 59.4 Å². The molecule has 0 saturated carbocycles. The molecule has 0 radical (unpaired) electrons. The van der Waals surface area contributed by atoms with Gasteiger partial charge >= 0.3 is 0 Å². The molecule has 30 heavy (non-hydrogen) atoms. The van der Waals surface area contributed by atoms with E-state index in [1.54, 1.807) is 0 Å². The monoisotopic (exact) mass is 405 g/mol. The molecule has 0 unspecified atom stereocenters. The van der Waals surface area contributed by atoms with Crippen molar-refractivity contribution >= 4 is 16.9 Å². The third-order valence-corrected chi connectivity index (χ3v) is 6.11. The van der Waals surface area contributed by atoms with Crippen LogP contribution in [0.5, 0.6) is 5.75 Å². The molecule has 1 aromatic heterocycles. The van der Waals surface area contributed by atoms with Gasteiger partial charge in [-0.05, 0) is 63.9 Å². The maximum absolute atomic E-state index is 12.7. The van der Waals surface area contributed by atoms with E-state index < -0.39 is 0 Å². The van der Waals surface area contributed by atoms with E-state index in [9.17, 15) is 4.79 Å². The third kappa shape index (κ3) is 3.81. The molecule has 1 aliphatic rings. The topological polar surface area (TPSA) is 47.4 Å². The summed E-state index contributed by atoms with van der Waals surface area (Å²) in [6.07, 6.45) is 0.512. The van der Waals surface area contributed by atoms with Gasteiger partial charge in [0, 0.05) is 24.4 Å². The van der Waals surface area contributed by atoms with Crippen LogP contribution in [-0.2, 0) is 11.3 Å². The molecule has 0 N–H and O–H groups in total. The number of hydrogen-bond acceptors (Lipinski definition) is 3. The van der Waals surface area contributed by atoms with E-state index in [0.717, 1.165) is 22.6 Å². The van der Waals surface area contributed by atoms with Crippen molar-refractivity contribution in [2.45, 2.75) is 59.0 Å². The number of carbonyl (C=O) groups excluding carboxylic acids is 1. The number of aryl methyl sites for hydroxylation is 1. The minimum Gasteiger partial charge on any atom is -0.491 e. The number of para-hydroxylation sites is 2. The Bertz CT molecular complexity index is 1080. The Hall–Kier alpha value is -2.82. The number of rotatable bonds is 5. The van der Waals surface area contributed by atoms with Crippen molar-refractivity contribution in [1.29, 1.82) is 0 Å². The summed E-state index contributed by atoms with van der Waals surface area (Å²) in [7, 11) is 0. The predicted molar refractivity (Wildman–Crippen MR) is 120 cm³/mol. The summed E-state index contributed by atoms with van der Waals surface area (Å²) in [5.74, 6) is 2.22. The van der Waals surface area contributed by atoms with Gasteiger partial charge in [-0.3, -0.25) is 4.79 Å². The second-order valence-corrected chi connectivity index (χ2v) is 9.23. The normalized spacial score (nSPS) is 17.2. The fourth-order valence-electron chi connectivity index (χ4n) is 4.30. The Kier molecular flexibility index (Phi) is 5.31. The van der Waals surface area contributed by atoms with Gasteiger partial charge in [-0.1, -0.05) is 24.3 Å². The highest BCUT2D eigenvalue weighted by molar-refractivity contribution is 5.81. The van der Waals surface area contributed by atoms with Crippen molar-refractivity contribution < 1.29 is 9.53 Å². The summed E-state index contributed by atoms with van der Waals surface area (Å²) in [4.78, 5) is 19.6. The molecule has 2 heterocycles.